The second-order valence-corrected chi connectivity index (χ2v) is 6.85. The Bertz CT molecular complexity index is 856. The van der Waals surface area contributed by atoms with Gasteiger partial charge >= 0.3 is 0 Å². The smallest absolute Gasteiger partial charge is 0.271 e. The largest absolute Gasteiger partial charge is 0.321 e. The monoisotopic (exact) mass is 363 g/mol. The molecule has 2 aromatic rings. The molecule has 3 rings (SSSR count). The number of hydrazone groups is 1. The van der Waals surface area contributed by atoms with Crippen LogP contribution in [0.25, 0.3) is 0 Å². The summed E-state index contributed by atoms with van der Waals surface area (Å²) < 4.78 is 0. The summed E-state index contributed by atoms with van der Waals surface area (Å²) in [5.41, 5.74) is 4.09. The molecule has 1 heterocycles. The lowest BCUT2D eigenvalue weighted by atomic mass is 10.1. The lowest BCUT2D eigenvalue weighted by Crippen LogP contribution is -2.36. The summed E-state index contributed by atoms with van der Waals surface area (Å²) in [5.74, 6) is -0.362. The predicted octanol–water partition coefficient (Wildman–Crippen LogP) is 4.46. The molecule has 0 aromatic heterocycles. The number of nitrogens with one attached hydrogen (secondary N) is 1. The summed E-state index contributed by atoms with van der Waals surface area (Å²) in [5, 5.41) is 8.53. The van der Waals surface area contributed by atoms with Crippen LogP contribution >= 0.6 is 0 Å². The van der Waals surface area contributed by atoms with Gasteiger partial charge in [-0.25, -0.2) is 5.01 Å². The lowest BCUT2D eigenvalue weighted by Gasteiger charge is -2.23. The van der Waals surface area contributed by atoms with Gasteiger partial charge in [-0.15, -0.1) is 0 Å². The summed E-state index contributed by atoms with van der Waals surface area (Å²) in [6, 6.07) is 15.4. The van der Waals surface area contributed by atoms with Crippen LogP contribution < -0.4 is 10.3 Å². The fraction of sp³-hybridized carbons (Fsp3) is 0.318. The van der Waals surface area contributed by atoms with Gasteiger partial charge in [0, 0.05) is 18.5 Å². The van der Waals surface area contributed by atoms with Crippen LogP contribution in [0.4, 0.5) is 11.4 Å². The molecule has 0 saturated carbocycles. The second kappa shape index (κ2) is 8.62. The van der Waals surface area contributed by atoms with Crippen LogP contribution in [0.5, 0.6) is 0 Å². The van der Waals surface area contributed by atoms with Gasteiger partial charge in [-0.2, -0.15) is 5.10 Å². The van der Waals surface area contributed by atoms with Crippen LogP contribution in [0.2, 0.25) is 0 Å². The molecule has 1 aliphatic heterocycles. The maximum atomic E-state index is 12.6. The average molecular weight is 363 g/mol. The van der Waals surface area contributed by atoms with Crippen molar-refractivity contribution in [2.24, 2.45) is 5.10 Å². The first-order valence-corrected chi connectivity index (χ1v) is 9.44. The normalized spacial score (nSPS) is 14.1. The van der Waals surface area contributed by atoms with Crippen LogP contribution in [0.3, 0.4) is 0 Å². The third-order valence-electron chi connectivity index (χ3n) is 4.57. The molecule has 0 unspecified atom stereocenters. The molecule has 27 heavy (non-hydrogen) atoms. The topological polar surface area (TPSA) is 61.8 Å². The van der Waals surface area contributed by atoms with Crippen molar-refractivity contribution in [2.45, 2.75) is 46.0 Å². The standard InChI is InChI=1S/C22H25N3O2/c1-3-4-7-17-9-11-18(12-10-17)23-22(27)20-13-14-21(26)25(24-20)19-8-5-6-16(2)15-19/h5-6,8-12,15H,3-4,7,13-14H2,1-2H3,(H,23,27). The van der Waals surface area contributed by atoms with Crippen molar-refractivity contribution in [1.82, 2.24) is 0 Å². The molecule has 0 bridgehead atoms. The minimum Gasteiger partial charge on any atom is -0.321 e. The Kier molecular flexibility index (Phi) is 6.01. The number of anilines is 2. The van der Waals surface area contributed by atoms with E-state index in [4.69, 9.17) is 0 Å². The number of unbranched alkanes of at least 4 members (excludes halogenated alkanes) is 1. The van der Waals surface area contributed by atoms with Crippen LogP contribution in [0, 0.1) is 6.92 Å². The molecular formula is C22H25N3O2. The molecule has 0 aliphatic carbocycles. The lowest BCUT2D eigenvalue weighted by molar-refractivity contribution is -0.118. The molecule has 2 aromatic carbocycles. The van der Waals surface area contributed by atoms with E-state index >= 15 is 0 Å². The van der Waals surface area contributed by atoms with Crippen molar-refractivity contribution < 1.29 is 9.59 Å². The van der Waals surface area contributed by atoms with E-state index in [2.05, 4.69) is 17.3 Å². The second-order valence-electron chi connectivity index (χ2n) is 6.85. The minimum atomic E-state index is -0.263. The molecule has 5 nitrogen and oxygen atoms in total. The van der Waals surface area contributed by atoms with E-state index in [9.17, 15) is 9.59 Å². The maximum absolute atomic E-state index is 12.6. The Morgan fingerprint density at radius 3 is 2.63 bits per heavy atom. The van der Waals surface area contributed by atoms with Gasteiger partial charge in [-0.05, 0) is 55.2 Å². The zero-order chi connectivity index (χ0) is 19.2. The van der Waals surface area contributed by atoms with Crippen LogP contribution in [-0.4, -0.2) is 17.5 Å². The first-order valence-electron chi connectivity index (χ1n) is 9.44. The average Bonchev–Trinajstić information content (AvgIpc) is 2.67. The number of carbonyl (C=O) groups is 2. The fourth-order valence-corrected chi connectivity index (χ4v) is 3.02. The molecule has 0 saturated heterocycles. The molecule has 5 heteroatoms. The number of hydrogen-bond acceptors (Lipinski definition) is 3. The summed E-state index contributed by atoms with van der Waals surface area (Å²) >= 11 is 0. The first-order chi connectivity index (χ1) is 13.1. The number of aryl methyl sites for hydroxylation is 2. The molecule has 140 valence electrons. The van der Waals surface area contributed by atoms with E-state index < -0.39 is 0 Å². The van der Waals surface area contributed by atoms with Gasteiger partial charge in [0.2, 0.25) is 5.91 Å². The fourth-order valence-electron chi connectivity index (χ4n) is 3.02. The van der Waals surface area contributed by atoms with E-state index in [1.165, 1.54) is 10.6 Å². The summed E-state index contributed by atoms with van der Waals surface area (Å²) in [4.78, 5) is 24.8. The number of benzene rings is 2. The van der Waals surface area contributed by atoms with Crippen molar-refractivity contribution in [3.05, 3.63) is 59.7 Å². The van der Waals surface area contributed by atoms with Crippen molar-refractivity contribution in [3.63, 3.8) is 0 Å². The highest BCUT2D eigenvalue weighted by molar-refractivity contribution is 6.44. The Hall–Kier alpha value is -2.95. The molecule has 1 aliphatic rings. The van der Waals surface area contributed by atoms with E-state index in [-0.39, 0.29) is 18.2 Å². The van der Waals surface area contributed by atoms with Gasteiger partial charge < -0.3 is 5.32 Å². The van der Waals surface area contributed by atoms with E-state index in [0.717, 1.165) is 30.5 Å². The van der Waals surface area contributed by atoms with Crippen LogP contribution in [-0.2, 0) is 16.0 Å². The van der Waals surface area contributed by atoms with E-state index in [1.54, 1.807) is 0 Å². The number of carbonyl (C=O) groups excluding carboxylic acids is 2. The third-order valence-corrected chi connectivity index (χ3v) is 4.57. The van der Waals surface area contributed by atoms with Crippen LogP contribution in [0.15, 0.2) is 53.6 Å². The Morgan fingerprint density at radius 1 is 1.15 bits per heavy atom. The molecule has 0 fully saturated rings. The Balaban J connectivity index is 1.72. The highest BCUT2D eigenvalue weighted by atomic mass is 16.2. The van der Waals surface area contributed by atoms with E-state index in [0.29, 0.717) is 17.8 Å². The maximum Gasteiger partial charge on any atom is 0.271 e. The molecule has 1 N–H and O–H groups in total. The number of nitrogens with zero attached hydrogens (tertiary/aromatic N) is 2. The first kappa shape index (κ1) is 18.8. The Labute approximate surface area is 160 Å². The van der Waals surface area contributed by atoms with Crippen molar-refractivity contribution in [1.29, 1.82) is 0 Å². The van der Waals surface area contributed by atoms with Crippen molar-refractivity contribution in [2.75, 3.05) is 10.3 Å². The Morgan fingerprint density at radius 2 is 1.93 bits per heavy atom. The zero-order valence-corrected chi connectivity index (χ0v) is 15.9. The third kappa shape index (κ3) is 4.82. The number of hydrogen-bond donors (Lipinski definition) is 1. The highest BCUT2D eigenvalue weighted by Gasteiger charge is 2.25. The number of amides is 2. The van der Waals surface area contributed by atoms with Crippen molar-refractivity contribution >= 4 is 28.9 Å². The van der Waals surface area contributed by atoms with Gasteiger partial charge in [0.05, 0.1) is 5.69 Å². The summed E-state index contributed by atoms with van der Waals surface area (Å²) in [7, 11) is 0. The molecule has 0 spiro atoms. The quantitative estimate of drug-likeness (QED) is 0.824. The van der Waals surface area contributed by atoms with Gasteiger partial charge in [0.1, 0.15) is 5.71 Å². The van der Waals surface area contributed by atoms with Crippen LogP contribution in [0.1, 0.15) is 43.7 Å². The summed E-state index contributed by atoms with van der Waals surface area (Å²) in [6.07, 6.45) is 3.99. The zero-order valence-electron chi connectivity index (χ0n) is 15.9. The van der Waals surface area contributed by atoms with E-state index in [1.807, 2.05) is 55.5 Å². The summed E-state index contributed by atoms with van der Waals surface area (Å²) in [6.45, 7) is 4.13. The van der Waals surface area contributed by atoms with Gasteiger partial charge in [0.15, 0.2) is 0 Å². The molecule has 0 atom stereocenters. The molecular weight excluding hydrogens is 338 g/mol. The highest BCUT2D eigenvalue weighted by Crippen LogP contribution is 2.22. The van der Waals surface area contributed by atoms with Gasteiger partial charge in [-0.1, -0.05) is 37.6 Å². The molecule has 0 radical (unpaired) electrons. The van der Waals surface area contributed by atoms with Crippen molar-refractivity contribution in [3.8, 4) is 0 Å². The van der Waals surface area contributed by atoms with Gasteiger partial charge in [0.25, 0.3) is 5.91 Å². The van der Waals surface area contributed by atoms with Gasteiger partial charge in [-0.3, -0.25) is 9.59 Å². The predicted molar refractivity (Wildman–Crippen MR) is 109 cm³/mol. The number of rotatable bonds is 6. The molecule has 2 amide bonds. The minimum absolute atomic E-state index is 0.0996. The SMILES string of the molecule is CCCCc1ccc(NC(=O)C2=NN(c3cccc(C)c3)C(=O)CC2)cc1.